The van der Waals surface area contributed by atoms with Gasteiger partial charge in [-0.3, -0.25) is 4.98 Å². The maximum absolute atomic E-state index is 5.55. The summed E-state index contributed by atoms with van der Waals surface area (Å²) in [5.74, 6) is 0. The third-order valence-corrected chi connectivity index (χ3v) is 1.73. The molecule has 0 unspecified atom stereocenters. The molecule has 0 amide bonds. The quantitative estimate of drug-likeness (QED) is 0.705. The highest BCUT2D eigenvalue weighted by Gasteiger charge is 1.98. The normalized spacial score (nSPS) is 10.2. The van der Waals surface area contributed by atoms with Gasteiger partial charge in [-0.1, -0.05) is 0 Å². The minimum Gasteiger partial charge on any atom is -0.396 e. The second kappa shape index (κ2) is 2.90. The van der Waals surface area contributed by atoms with E-state index >= 15 is 0 Å². The van der Waals surface area contributed by atoms with E-state index in [0.29, 0.717) is 5.69 Å². The third kappa shape index (κ3) is 1.51. The molecule has 66 valence electrons. The highest BCUT2D eigenvalue weighted by molar-refractivity contribution is 5.37. The van der Waals surface area contributed by atoms with Gasteiger partial charge in [0.15, 0.2) is 0 Å². The van der Waals surface area contributed by atoms with Crippen molar-refractivity contribution in [1.82, 2.24) is 14.8 Å². The Bertz CT molecular complexity index is 419. The van der Waals surface area contributed by atoms with E-state index in [1.807, 2.05) is 13.0 Å². The molecule has 0 saturated carbocycles. The second-order valence-corrected chi connectivity index (χ2v) is 2.94. The van der Waals surface area contributed by atoms with Crippen LogP contribution in [0, 0.1) is 6.92 Å². The van der Waals surface area contributed by atoms with Crippen LogP contribution in [0.2, 0.25) is 0 Å². The van der Waals surface area contributed by atoms with Crippen LogP contribution in [0.25, 0.3) is 5.69 Å². The van der Waals surface area contributed by atoms with Crippen molar-refractivity contribution in [1.29, 1.82) is 0 Å². The van der Waals surface area contributed by atoms with Gasteiger partial charge in [0.25, 0.3) is 0 Å². The van der Waals surface area contributed by atoms with Crippen LogP contribution in [0.5, 0.6) is 0 Å². The van der Waals surface area contributed by atoms with Gasteiger partial charge >= 0.3 is 0 Å². The molecule has 2 aromatic rings. The van der Waals surface area contributed by atoms with Gasteiger partial charge in [-0.05, 0) is 18.6 Å². The lowest BCUT2D eigenvalue weighted by Gasteiger charge is -2.00. The molecular formula is C9H10N4. The zero-order chi connectivity index (χ0) is 9.26. The first-order chi connectivity index (χ1) is 6.25. The molecule has 2 aromatic heterocycles. The fourth-order valence-corrected chi connectivity index (χ4v) is 1.14. The number of nitrogens with zero attached hydrogens (tertiary/aromatic N) is 3. The van der Waals surface area contributed by atoms with Crippen LogP contribution >= 0.6 is 0 Å². The van der Waals surface area contributed by atoms with E-state index < -0.39 is 0 Å². The Balaban J connectivity index is 2.46. The lowest BCUT2D eigenvalue weighted by atomic mass is 10.3. The molecule has 4 heteroatoms. The highest BCUT2D eigenvalue weighted by atomic mass is 15.3. The number of hydrogen-bond acceptors (Lipinski definition) is 3. The molecule has 0 fully saturated rings. The largest absolute Gasteiger partial charge is 0.396 e. The molecule has 13 heavy (non-hydrogen) atoms. The first-order valence-electron chi connectivity index (χ1n) is 3.98. The van der Waals surface area contributed by atoms with Gasteiger partial charge in [-0.15, -0.1) is 0 Å². The Morgan fingerprint density at radius 2 is 2.15 bits per heavy atom. The monoisotopic (exact) mass is 174 g/mol. The lowest BCUT2D eigenvalue weighted by Crippen LogP contribution is -1.95. The zero-order valence-corrected chi connectivity index (χ0v) is 7.31. The number of anilines is 1. The van der Waals surface area contributed by atoms with Gasteiger partial charge in [0.1, 0.15) is 0 Å². The minimum atomic E-state index is 0.654. The van der Waals surface area contributed by atoms with E-state index in [1.54, 1.807) is 29.5 Å². The Kier molecular flexibility index (Phi) is 1.73. The number of hydrogen-bond donors (Lipinski definition) is 1. The van der Waals surface area contributed by atoms with E-state index in [4.69, 9.17) is 5.73 Å². The lowest BCUT2D eigenvalue weighted by molar-refractivity contribution is 0.872. The van der Waals surface area contributed by atoms with Gasteiger partial charge in [-0.2, -0.15) is 5.10 Å². The molecule has 4 nitrogen and oxygen atoms in total. The van der Waals surface area contributed by atoms with Crippen molar-refractivity contribution < 1.29 is 0 Å². The maximum Gasteiger partial charge on any atom is 0.0832 e. The highest BCUT2D eigenvalue weighted by Crippen LogP contribution is 2.08. The molecule has 0 saturated heterocycles. The summed E-state index contributed by atoms with van der Waals surface area (Å²) < 4.78 is 1.70. The van der Waals surface area contributed by atoms with E-state index in [-0.39, 0.29) is 0 Å². The van der Waals surface area contributed by atoms with E-state index in [0.717, 1.165) is 11.3 Å². The molecular weight excluding hydrogens is 164 g/mol. The molecule has 2 rings (SSSR count). The van der Waals surface area contributed by atoms with Gasteiger partial charge in [-0.25, -0.2) is 4.68 Å². The van der Waals surface area contributed by atoms with Crippen LogP contribution in [0.3, 0.4) is 0 Å². The summed E-state index contributed by atoms with van der Waals surface area (Å²) >= 11 is 0. The standard InChI is InChI=1S/C9H10N4/c1-7-2-9(5-11-3-7)13-6-8(10)4-12-13/h2-6H,10H2,1H3. The SMILES string of the molecule is Cc1cncc(-n2cc(N)cn2)c1. The molecule has 0 spiro atoms. The Morgan fingerprint density at radius 3 is 2.77 bits per heavy atom. The summed E-state index contributed by atoms with van der Waals surface area (Å²) in [6.07, 6.45) is 6.93. The summed E-state index contributed by atoms with van der Waals surface area (Å²) in [6, 6.07) is 2.00. The molecule has 0 aliphatic rings. The molecule has 0 aromatic carbocycles. The van der Waals surface area contributed by atoms with Crippen molar-refractivity contribution in [3.63, 3.8) is 0 Å². The summed E-state index contributed by atoms with van der Waals surface area (Å²) in [6.45, 7) is 1.99. The van der Waals surface area contributed by atoms with Crippen molar-refractivity contribution in [2.75, 3.05) is 5.73 Å². The molecule has 0 aliphatic heterocycles. The minimum absolute atomic E-state index is 0.654. The number of aromatic nitrogens is 3. The van der Waals surface area contributed by atoms with Crippen molar-refractivity contribution in [2.45, 2.75) is 6.92 Å². The number of nitrogen functional groups attached to an aromatic ring is 1. The van der Waals surface area contributed by atoms with Crippen LogP contribution in [0.4, 0.5) is 5.69 Å². The van der Waals surface area contributed by atoms with Gasteiger partial charge in [0.2, 0.25) is 0 Å². The molecule has 0 aliphatic carbocycles. The second-order valence-electron chi connectivity index (χ2n) is 2.94. The van der Waals surface area contributed by atoms with Crippen LogP contribution < -0.4 is 5.73 Å². The fourth-order valence-electron chi connectivity index (χ4n) is 1.14. The van der Waals surface area contributed by atoms with Gasteiger partial charge in [0, 0.05) is 6.20 Å². The first-order valence-corrected chi connectivity index (χ1v) is 3.98. The number of rotatable bonds is 1. The summed E-state index contributed by atoms with van der Waals surface area (Å²) in [5.41, 5.74) is 8.24. The van der Waals surface area contributed by atoms with E-state index in [2.05, 4.69) is 10.1 Å². The summed E-state index contributed by atoms with van der Waals surface area (Å²) in [4.78, 5) is 4.07. The predicted molar refractivity (Wildman–Crippen MR) is 50.5 cm³/mol. The van der Waals surface area contributed by atoms with Crippen LogP contribution in [0.1, 0.15) is 5.56 Å². The summed E-state index contributed by atoms with van der Waals surface area (Å²) in [7, 11) is 0. The Hall–Kier alpha value is -1.84. The van der Waals surface area contributed by atoms with E-state index in [1.165, 1.54) is 0 Å². The predicted octanol–water partition coefficient (Wildman–Crippen LogP) is 1.16. The van der Waals surface area contributed by atoms with Crippen LogP contribution in [-0.4, -0.2) is 14.8 Å². The number of aryl methyl sites for hydroxylation is 1. The van der Waals surface area contributed by atoms with Crippen molar-refractivity contribution in [3.05, 3.63) is 36.4 Å². The smallest absolute Gasteiger partial charge is 0.0832 e. The summed E-state index contributed by atoms with van der Waals surface area (Å²) in [5, 5.41) is 4.08. The average molecular weight is 174 g/mol. The number of nitrogens with two attached hydrogens (primary N) is 1. The van der Waals surface area contributed by atoms with Gasteiger partial charge < -0.3 is 5.73 Å². The third-order valence-electron chi connectivity index (χ3n) is 1.73. The van der Waals surface area contributed by atoms with Crippen molar-refractivity contribution in [2.24, 2.45) is 0 Å². The first kappa shape index (κ1) is 7.79. The average Bonchev–Trinajstić information content (AvgIpc) is 2.52. The molecule has 2 heterocycles. The van der Waals surface area contributed by atoms with Crippen molar-refractivity contribution >= 4 is 5.69 Å². The van der Waals surface area contributed by atoms with Crippen LogP contribution in [0.15, 0.2) is 30.9 Å². The van der Waals surface area contributed by atoms with Crippen LogP contribution in [-0.2, 0) is 0 Å². The van der Waals surface area contributed by atoms with Gasteiger partial charge in [0.05, 0.1) is 30.0 Å². The molecule has 0 bridgehead atoms. The Morgan fingerprint density at radius 1 is 1.31 bits per heavy atom. The number of pyridine rings is 1. The van der Waals surface area contributed by atoms with Crippen molar-refractivity contribution in [3.8, 4) is 5.69 Å². The maximum atomic E-state index is 5.55. The zero-order valence-electron chi connectivity index (χ0n) is 7.31. The fraction of sp³-hybridized carbons (Fsp3) is 0.111. The Labute approximate surface area is 76.0 Å². The topological polar surface area (TPSA) is 56.7 Å². The molecule has 0 radical (unpaired) electrons. The molecule has 0 atom stereocenters. The molecule has 2 N–H and O–H groups in total. The van der Waals surface area contributed by atoms with E-state index in [9.17, 15) is 0 Å².